The van der Waals surface area contributed by atoms with Crippen molar-refractivity contribution < 1.29 is 34.4 Å². The molecule has 2 aromatic heterocycles. The Kier molecular flexibility index (Phi) is 10.9. The number of phenols is 2. The molecule has 9 unspecified atom stereocenters. The third-order valence-corrected chi connectivity index (χ3v) is 18.9. The maximum absolute atomic E-state index is 12.5. The molecular weight excluding hydrogens is 871 g/mol. The molecule has 10 rings (SSSR count). The highest BCUT2D eigenvalue weighted by atomic mass is 79.9. The van der Waals surface area contributed by atoms with Gasteiger partial charge in [-0.2, -0.15) is 0 Å². The van der Waals surface area contributed by atoms with Crippen LogP contribution in [-0.2, 0) is 45.2 Å². The molecule has 0 spiro atoms. The van der Waals surface area contributed by atoms with Gasteiger partial charge in [0.2, 0.25) is 0 Å². The molecule has 1 aliphatic heterocycles. The van der Waals surface area contributed by atoms with Crippen molar-refractivity contribution in [3.63, 3.8) is 0 Å². The Balaban J connectivity index is 0.000000162. The summed E-state index contributed by atoms with van der Waals surface area (Å²) in [6, 6.07) is 10.3. The maximum Gasteiger partial charge on any atom is 0.339 e. The van der Waals surface area contributed by atoms with Gasteiger partial charge in [0, 0.05) is 72.0 Å². The molecule has 4 aromatic rings. The SMILES string of the molecule is COC12CC(COC(=O)c3cncc(Br)c3)CN(C)C1Cc1cn(C)c3cccc2c13.Cc1c(O)c(O)cc2c1CC=C1C2(C)CCC2(C)C3CC(C)(C(=O)O)CCC3(C)CCC12C. The van der Waals surface area contributed by atoms with Crippen LogP contribution >= 0.6 is 15.9 Å². The van der Waals surface area contributed by atoms with E-state index in [1.807, 2.05) is 27.0 Å². The second kappa shape index (κ2) is 15.4. The number of carboxylic acids is 1. The van der Waals surface area contributed by atoms with Gasteiger partial charge in [0.1, 0.15) is 5.60 Å². The first-order valence-corrected chi connectivity index (χ1v) is 24.0. The molecule has 64 heavy (non-hydrogen) atoms. The van der Waals surface area contributed by atoms with Gasteiger partial charge in [0.15, 0.2) is 11.5 Å². The van der Waals surface area contributed by atoms with E-state index in [4.69, 9.17) is 9.47 Å². The van der Waals surface area contributed by atoms with Crippen LogP contribution in [-0.4, -0.2) is 75.1 Å². The minimum atomic E-state index is -0.641. The summed E-state index contributed by atoms with van der Waals surface area (Å²) in [4.78, 5) is 31.2. The Morgan fingerprint density at radius 3 is 2.42 bits per heavy atom. The van der Waals surface area contributed by atoms with Crippen LogP contribution in [0.15, 0.2) is 65.0 Å². The van der Waals surface area contributed by atoms with Crippen LogP contribution in [0.3, 0.4) is 0 Å². The predicted octanol–water partition coefficient (Wildman–Crippen LogP) is 10.6. The Morgan fingerprint density at radius 1 is 0.953 bits per heavy atom. The number of nitrogens with zero attached hydrogens (tertiary/aromatic N) is 3. The second-order valence-corrected chi connectivity index (χ2v) is 22.8. The van der Waals surface area contributed by atoms with Gasteiger partial charge >= 0.3 is 11.9 Å². The fourth-order valence-corrected chi connectivity index (χ4v) is 14.9. The highest BCUT2D eigenvalue weighted by molar-refractivity contribution is 9.10. The molecule has 1 saturated heterocycles. The predicted molar refractivity (Wildman–Crippen MR) is 252 cm³/mol. The molecule has 0 bridgehead atoms. The summed E-state index contributed by atoms with van der Waals surface area (Å²) in [7, 11) is 6.07. The monoisotopic (exact) mass is 935 g/mol. The lowest BCUT2D eigenvalue weighted by atomic mass is 9.34. The molecule has 11 heteroatoms. The van der Waals surface area contributed by atoms with Crippen LogP contribution in [0.1, 0.15) is 124 Å². The van der Waals surface area contributed by atoms with Crippen LogP contribution < -0.4 is 0 Å². The van der Waals surface area contributed by atoms with E-state index in [9.17, 15) is 24.9 Å². The van der Waals surface area contributed by atoms with E-state index in [-0.39, 0.29) is 51.1 Å². The number of aromatic nitrogens is 2. The van der Waals surface area contributed by atoms with E-state index in [2.05, 4.69) is 103 Å². The van der Waals surface area contributed by atoms with E-state index >= 15 is 0 Å². The number of hydrogen-bond donors (Lipinski definition) is 3. The van der Waals surface area contributed by atoms with Gasteiger partial charge in [-0.1, -0.05) is 51.5 Å². The zero-order valence-corrected chi connectivity index (χ0v) is 40.7. The molecule has 0 radical (unpaired) electrons. The largest absolute Gasteiger partial charge is 0.504 e. The summed E-state index contributed by atoms with van der Waals surface area (Å²) in [5, 5.41) is 32.2. The Hall–Kier alpha value is -4.19. The summed E-state index contributed by atoms with van der Waals surface area (Å²) >= 11 is 3.35. The highest BCUT2D eigenvalue weighted by Gasteiger charge is 2.67. The number of carbonyl (C=O) groups excluding carboxylic acids is 1. The van der Waals surface area contributed by atoms with Gasteiger partial charge in [0.05, 0.1) is 17.6 Å². The van der Waals surface area contributed by atoms with E-state index < -0.39 is 17.0 Å². The van der Waals surface area contributed by atoms with Crippen molar-refractivity contribution in [2.24, 2.45) is 40.5 Å². The average molecular weight is 937 g/mol. The zero-order valence-electron chi connectivity index (χ0n) is 39.1. The number of carboxylic acid groups (broad SMARTS) is 1. The number of ether oxygens (including phenoxy) is 2. The zero-order chi connectivity index (χ0) is 45.9. The number of rotatable bonds is 5. The lowest BCUT2D eigenvalue weighted by Crippen LogP contribution is -2.62. The lowest BCUT2D eigenvalue weighted by molar-refractivity contribution is -0.177. The fourth-order valence-electron chi connectivity index (χ4n) is 14.5. The summed E-state index contributed by atoms with van der Waals surface area (Å²) in [5.41, 5.74) is 7.90. The number of aromatic hydroxyl groups is 2. The van der Waals surface area contributed by atoms with Crippen LogP contribution in [0, 0.1) is 40.4 Å². The van der Waals surface area contributed by atoms with Crippen molar-refractivity contribution >= 4 is 38.8 Å². The third kappa shape index (κ3) is 6.55. The van der Waals surface area contributed by atoms with Gasteiger partial charge in [0.25, 0.3) is 0 Å². The second-order valence-electron chi connectivity index (χ2n) is 21.9. The molecule has 5 aliphatic carbocycles. The van der Waals surface area contributed by atoms with E-state index in [1.165, 1.54) is 39.4 Å². The first-order valence-electron chi connectivity index (χ1n) is 23.2. The molecule has 0 amide bonds. The van der Waals surface area contributed by atoms with Crippen molar-refractivity contribution in [1.29, 1.82) is 0 Å². The van der Waals surface area contributed by atoms with Crippen molar-refractivity contribution in [3.05, 3.63) is 98.4 Å². The summed E-state index contributed by atoms with van der Waals surface area (Å²) in [6.45, 7) is 14.7. The number of hydrogen-bond acceptors (Lipinski definition) is 8. The number of piperidine rings is 1. The van der Waals surface area contributed by atoms with Crippen molar-refractivity contribution in [2.45, 2.75) is 123 Å². The third-order valence-electron chi connectivity index (χ3n) is 18.5. The number of pyridine rings is 1. The summed E-state index contributed by atoms with van der Waals surface area (Å²) in [5.74, 6) is -0.456. The number of aliphatic carboxylic acids is 1. The summed E-state index contributed by atoms with van der Waals surface area (Å²) in [6.07, 6.45) is 17.2. The number of fused-ring (bicyclic) bond motifs is 9. The van der Waals surface area contributed by atoms with Crippen LogP contribution in [0.2, 0.25) is 0 Å². The van der Waals surface area contributed by atoms with E-state index in [0.717, 1.165) is 86.4 Å². The number of phenolic OH excluding ortho intramolecular Hbond substituents is 2. The van der Waals surface area contributed by atoms with Gasteiger partial charge in [-0.3, -0.25) is 14.7 Å². The molecule has 10 nitrogen and oxygen atoms in total. The number of halogens is 1. The smallest absolute Gasteiger partial charge is 0.339 e. The molecule has 3 N–H and O–H groups in total. The molecule has 6 aliphatic rings. The molecule has 9 atom stereocenters. The first-order chi connectivity index (χ1) is 30.1. The highest BCUT2D eigenvalue weighted by Crippen LogP contribution is 2.74. The minimum Gasteiger partial charge on any atom is -0.504 e. The van der Waals surface area contributed by atoms with Crippen LogP contribution in [0.4, 0.5) is 0 Å². The van der Waals surface area contributed by atoms with Gasteiger partial charge in [-0.05, 0) is 169 Å². The van der Waals surface area contributed by atoms with E-state index in [0.29, 0.717) is 18.1 Å². The number of likely N-dealkylation sites (tertiary alicyclic amines) is 1. The minimum absolute atomic E-state index is 0.00431. The lowest BCUT2D eigenvalue weighted by Gasteiger charge is -2.69. The van der Waals surface area contributed by atoms with E-state index in [1.54, 1.807) is 12.3 Å². The fraction of sp³-hybridized carbons (Fsp3) is 0.566. The van der Waals surface area contributed by atoms with Crippen LogP contribution in [0.5, 0.6) is 11.5 Å². The maximum atomic E-state index is 12.5. The van der Waals surface area contributed by atoms with Gasteiger partial charge in [-0.15, -0.1) is 0 Å². The Labute approximate surface area is 386 Å². The molecular formula is C53H66BrN3O7. The molecule has 4 fully saturated rings. The van der Waals surface area contributed by atoms with Crippen molar-refractivity contribution in [1.82, 2.24) is 14.5 Å². The van der Waals surface area contributed by atoms with Crippen LogP contribution in [0.25, 0.3) is 10.9 Å². The Morgan fingerprint density at radius 2 is 1.70 bits per heavy atom. The summed E-state index contributed by atoms with van der Waals surface area (Å²) < 4.78 is 15.0. The number of esters is 1. The molecule has 2 aromatic carbocycles. The first kappa shape index (κ1) is 45.0. The topological polar surface area (TPSA) is 134 Å². The number of benzene rings is 2. The van der Waals surface area contributed by atoms with Crippen molar-refractivity contribution in [3.8, 4) is 11.5 Å². The number of likely N-dealkylation sites (N-methyl/N-ethyl adjacent to an activating group) is 1. The number of allylic oxidation sites excluding steroid dienone is 2. The average Bonchev–Trinajstić information content (AvgIpc) is 3.59. The Bertz CT molecular complexity index is 2600. The number of aryl methyl sites for hydroxylation is 1. The number of carbonyl (C=O) groups is 2. The molecule has 3 heterocycles. The molecule has 342 valence electrons. The number of methoxy groups -OCH3 is 1. The van der Waals surface area contributed by atoms with Gasteiger partial charge < -0.3 is 29.4 Å². The molecule has 3 saturated carbocycles. The standard InChI is InChI=1S/C29H40O4.C24H26BrN3O3/c1-17-18-7-8-21-27(4,19(18)15-20(30)23(17)31)12-14-29(6)22-16-26(3,24(32)33)10-9-25(22,2)11-13-28(21,29)5;1-27-13-17-8-21-24(30-3,19-5-4-6-20(27)22(17)19)9-15(12-28(21)2)14-31-23(29)16-7-18(25)11-26-10-16/h8,15,22,30-31H,7,9-14,16H2,1-6H3,(H,32,33);4-7,10-11,13,15,21H,8-9,12,14H2,1-3H3. The normalized spacial score (nSPS) is 35.0. The quantitative estimate of drug-likeness (QED) is 0.102. The van der Waals surface area contributed by atoms with Crippen molar-refractivity contribution in [2.75, 3.05) is 27.3 Å². The van der Waals surface area contributed by atoms with Gasteiger partial charge in [-0.25, -0.2) is 4.79 Å².